The van der Waals surface area contributed by atoms with Crippen LogP contribution in [0.3, 0.4) is 0 Å². The van der Waals surface area contributed by atoms with Crippen LogP contribution in [0.2, 0.25) is 0 Å². The molecule has 0 aliphatic rings. The summed E-state index contributed by atoms with van der Waals surface area (Å²) in [6, 6.07) is 15.7. The highest BCUT2D eigenvalue weighted by Gasteiger charge is 1.86. The van der Waals surface area contributed by atoms with Gasteiger partial charge in [-0.2, -0.15) is 0 Å². The van der Waals surface area contributed by atoms with E-state index in [2.05, 4.69) is 19.1 Å². The highest BCUT2D eigenvalue weighted by Crippen LogP contribution is 2.01. The van der Waals surface area contributed by atoms with Gasteiger partial charge in [-0.25, -0.2) is 0 Å². The third-order valence-corrected chi connectivity index (χ3v) is 2.50. The molecule has 0 radical (unpaired) electrons. The highest BCUT2D eigenvalue weighted by molar-refractivity contribution is 5.85. The Bertz CT molecular complexity index is 512. The second-order valence-corrected chi connectivity index (χ2v) is 4.23. The Morgan fingerprint density at radius 1 is 1.00 bits per heavy atom. The Kier molecular flexibility index (Phi) is 8.51. The number of aldehydes is 1. The van der Waals surface area contributed by atoms with E-state index in [0.717, 1.165) is 17.4 Å². The number of benzene rings is 2. The third-order valence-electron chi connectivity index (χ3n) is 2.50. The number of carbonyl (C=O) groups is 1. The van der Waals surface area contributed by atoms with E-state index < -0.39 is 0 Å². The normalized spacial score (nSPS) is 8.79. The zero-order valence-corrected chi connectivity index (χ0v) is 12.1. The molecule has 2 N–H and O–H groups in total. The predicted octanol–water partition coefficient (Wildman–Crippen LogP) is 3.68. The second kappa shape index (κ2) is 9.31. The Hall–Kier alpha value is -1.64. The van der Waals surface area contributed by atoms with Crippen molar-refractivity contribution in [3.8, 4) is 0 Å². The first-order valence-electron chi connectivity index (χ1n) is 5.93. The van der Waals surface area contributed by atoms with Gasteiger partial charge in [0, 0.05) is 12.1 Å². The van der Waals surface area contributed by atoms with Gasteiger partial charge in [0.25, 0.3) is 0 Å². The van der Waals surface area contributed by atoms with Crippen LogP contribution < -0.4 is 5.73 Å². The van der Waals surface area contributed by atoms with Crippen LogP contribution in [0.25, 0.3) is 0 Å². The van der Waals surface area contributed by atoms with Gasteiger partial charge >= 0.3 is 0 Å². The van der Waals surface area contributed by atoms with Crippen molar-refractivity contribution in [1.29, 1.82) is 0 Å². The maximum absolute atomic E-state index is 10.2. The topological polar surface area (TPSA) is 43.1 Å². The number of rotatable bonds is 2. The van der Waals surface area contributed by atoms with Crippen LogP contribution in [0.1, 0.15) is 27.0 Å². The van der Waals surface area contributed by atoms with Crippen LogP contribution in [-0.2, 0) is 6.54 Å². The summed E-state index contributed by atoms with van der Waals surface area (Å²) in [6.45, 7) is 4.67. The Labute approximate surface area is 121 Å². The van der Waals surface area contributed by atoms with Crippen LogP contribution in [0.15, 0.2) is 48.5 Å². The average Bonchev–Trinajstić information content (AvgIpc) is 2.39. The Morgan fingerprint density at radius 3 is 1.95 bits per heavy atom. The molecule has 19 heavy (non-hydrogen) atoms. The minimum Gasteiger partial charge on any atom is -0.326 e. The summed E-state index contributed by atoms with van der Waals surface area (Å²) in [5.41, 5.74) is 9.77. The summed E-state index contributed by atoms with van der Waals surface area (Å²) < 4.78 is 0. The number of hydrogen-bond acceptors (Lipinski definition) is 2. The maximum Gasteiger partial charge on any atom is 0.150 e. The summed E-state index contributed by atoms with van der Waals surface area (Å²) >= 11 is 0. The maximum atomic E-state index is 10.2. The van der Waals surface area contributed by atoms with Gasteiger partial charge in [0.2, 0.25) is 0 Å². The molecule has 0 atom stereocenters. The molecule has 0 unspecified atom stereocenters. The zero-order valence-electron chi connectivity index (χ0n) is 11.3. The second-order valence-electron chi connectivity index (χ2n) is 4.23. The number of nitrogens with two attached hydrogens (primary N) is 1. The number of halogens is 1. The molecule has 2 aromatic rings. The van der Waals surface area contributed by atoms with E-state index in [1.165, 1.54) is 11.1 Å². The molecule has 0 aliphatic heterocycles. The van der Waals surface area contributed by atoms with Crippen LogP contribution >= 0.6 is 12.4 Å². The first-order valence-corrected chi connectivity index (χ1v) is 5.93. The highest BCUT2D eigenvalue weighted by atomic mass is 35.5. The molecule has 0 heterocycles. The molecule has 0 saturated heterocycles. The lowest BCUT2D eigenvalue weighted by Gasteiger charge is -1.95. The van der Waals surface area contributed by atoms with Gasteiger partial charge in [-0.1, -0.05) is 53.6 Å². The summed E-state index contributed by atoms with van der Waals surface area (Å²) in [6.07, 6.45) is 0.854. The largest absolute Gasteiger partial charge is 0.326 e. The molecular weight excluding hydrogens is 258 g/mol. The van der Waals surface area contributed by atoms with E-state index in [1.807, 2.05) is 37.3 Å². The summed E-state index contributed by atoms with van der Waals surface area (Å²) in [5, 5.41) is 0. The lowest BCUT2D eigenvalue weighted by molar-refractivity contribution is 0.112. The van der Waals surface area contributed by atoms with Gasteiger partial charge in [-0.15, -0.1) is 12.4 Å². The van der Waals surface area contributed by atoms with E-state index in [4.69, 9.17) is 5.73 Å². The molecule has 0 spiro atoms. The standard InChI is InChI=1S/C8H11N.C8H8O.ClH/c2*1-7-3-2-4-8(5-7)6-9;/h2-5H,6,9H2,1H3;2-6H,1H3;1H. The fourth-order valence-corrected chi connectivity index (χ4v) is 1.58. The van der Waals surface area contributed by atoms with Crippen molar-refractivity contribution < 1.29 is 4.79 Å². The van der Waals surface area contributed by atoms with E-state index in [0.29, 0.717) is 6.54 Å². The van der Waals surface area contributed by atoms with Crippen molar-refractivity contribution in [2.45, 2.75) is 20.4 Å². The van der Waals surface area contributed by atoms with Gasteiger partial charge in [0.1, 0.15) is 6.29 Å². The van der Waals surface area contributed by atoms with Crippen molar-refractivity contribution in [1.82, 2.24) is 0 Å². The molecule has 2 aromatic carbocycles. The fraction of sp³-hybridized carbons (Fsp3) is 0.188. The van der Waals surface area contributed by atoms with Crippen LogP contribution in [0.5, 0.6) is 0 Å². The number of aryl methyl sites for hydroxylation is 2. The van der Waals surface area contributed by atoms with Crippen molar-refractivity contribution >= 4 is 18.7 Å². The summed E-state index contributed by atoms with van der Waals surface area (Å²) in [5.74, 6) is 0. The summed E-state index contributed by atoms with van der Waals surface area (Å²) in [4.78, 5) is 10.2. The van der Waals surface area contributed by atoms with Gasteiger partial charge in [-0.3, -0.25) is 4.79 Å². The van der Waals surface area contributed by atoms with Crippen molar-refractivity contribution in [2.24, 2.45) is 5.73 Å². The van der Waals surface area contributed by atoms with Gasteiger partial charge in [-0.05, 0) is 25.5 Å². The smallest absolute Gasteiger partial charge is 0.150 e. The quantitative estimate of drug-likeness (QED) is 0.851. The molecule has 3 heteroatoms. The van der Waals surface area contributed by atoms with Crippen molar-refractivity contribution in [2.75, 3.05) is 0 Å². The minimum atomic E-state index is 0. The van der Waals surface area contributed by atoms with Gasteiger partial charge < -0.3 is 5.73 Å². The lowest BCUT2D eigenvalue weighted by Crippen LogP contribution is -1.95. The predicted molar refractivity (Wildman–Crippen MR) is 82.9 cm³/mol. The number of carbonyl (C=O) groups excluding carboxylic acids is 1. The van der Waals surface area contributed by atoms with Crippen LogP contribution in [0.4, 0.5) is 0 Å². The molecular formula is C16H20ClNO. The first kappa shape index (κ1) is 17.4. The molecule has 0 aliphatic carbocycles. The van der Waals surface area contributed by atoms with Crippen LogP contribution in [0, 0.1) is 13.8 Å². The van der Waals surface area contributed by atoms with Gasteiger partial charge in [0.05, 0.1) is 0 Å². The SMILES string of the molecule is Cc1cccc(C=O)c1.Cc1cccc(CN)c1.Cl. The zero-order chi connectivity index (χ0) is 13.4. The Balaban J connectivity index is 0.000000324. The molecule has 0 saturated carbocycles. The molecule has 0 fully saturated rings. The van der Waals surface area contributed by atoms with E-state index in [-0.39, 0.29) is 12.4 Å². The van der Waals surface area contributed by atoms with Gasteiger partial charge in [0.15, 0.2) is 0 Å². The molecule has 0 bridgehead atoms. The average molecular weight is 278 g/mol. The van der Waals surface area contributed by atoms with E-state index in [1.54, 1.807) is 6.07 Å². The molecule has 0 amide bonds. The monoisotopic (exact) mass is 277 g/mol. The first-order chi connectivity index (χ1) is 8.65. The minimum absolute atomic E-state index is 0. The third kappa shape index (κ3) is 6.75. The van der Waals surface area contributed by atoms with Crippen molar-refractivity contribution in [3.63, 3.8) is 0 Å². The van der Waals surface area contributed by atoms with Crippen LogP contribution in [-0.4, -0.2) is 6.29 Å². The molecule has 102 valence electrons. The molecule has 2 nitrogen and oxygen atoms in total. The molecule has 0 aromatic heterocycles. The van der Waals surface area contributed by atoms with Crippen molar-refractivity contribution in [3.05, 3.63) is 70.8 Å². The van der Waals surface area contributed by atoms with E-state index in [9.17, 15) is 4.79 Å². The molecule has 2 rings (SSSR count). The number of hydrogen-bond donors (Lipinski definition) is 1. The van der Waals surface area contributed by atoms with E-state index >= 15 is 0 Å². The lowest BCUT2D eigenvalue weighted by atomic mass is 10.1. The fourth-order valence-electron chi connectivity index (χ4n) is 1.58. The summed E-state index contributed by atoms with van der Waals surface area (Å²) in [7, 11) is 0. The Morgan fingerprint density at radius 2 is 1.58 bits per heavy atom.